The van der Waals surface area contributed by atoms with E-state index in [0.717, 1.165) is 73.3 Å². The number of nitrogens with two attached hydrogens (primary N) is 1. The van der Waals surface area contributed by atoms with Gasteiger partial charge in [0.1, 0.15) is 5.00 Å². The summed E-state index contributed by atoms with van der Waals surface area (Å²) in [6, 6.07) is 0. The zero-order chi connectivity index (χ0) is 18.8. The second-order valence-corrected chi connectivity index (χ2v) is 10.8. The Morgan fingerprint density at radius 1 is 1.15 bits per heavy atom. The number of rotatable bonds is 4. The Bertz CT molecular complexity index is 761. The van der Waals surface area contributed by atoms with Gasteiger partial charge >= 0.3 is 0 Å². The van der Waals surface area contributed by atoms with Crippen LogP contribution >= 0.6 is 11.3 Å². The quantitative estimate of drug-likeness (QED) is 0.799. The van der Waals surface area contributed by atoms with E-state index in [-0.39, 0.29) is 17.2 Å². The average molecular weight is 387 g/mol. The third-order valence-electron chi connectivity index (χ3n) is 7.94. The lowest BCUT2D eigenvalue weighted by Crippen LogP contribution is -2.51. The van der Waals surface area contributed by atoms with Gasteiger partial charge in [-0.2, -0.15) is 0 Å². The molecule has 5 aliphatic rings. The van der Waals surface area contributed by atoms with Crippen LogP contribution in [-0.2, 0) is 17.6 Å². The molecule has 4 bridgehead atoms. The molecule has 2 amide bonds. The average Bonchev–Trinajstić information content (AvgIpc) is 2.97. The van der Waals surface area contributed by atoms with Gasteiger partial charge < -0.3 is 11.1 Å². The van der Waals surface area contributed by atoms with Crippen LogP contribution in [0.25, 0.3) is 0 Å². The van der Waals surface area contributed by atoms with Gasteiger partial charge in [-0.15, -0.1) is 11.3 Å². The van der Waals surface area contributed by atoms with Crippen LogP contribution in [0.5, 0.6) is 0 Å². The van der Waals surface area contributed by atoms with Crippen LogP contribution in [0.2, 0.25) is 0 Å². The molecule has 4 fully saturated rings. The molecule has 0 aliphatic heterocycles. The number of amides is 2. The van der Waals surface area contributed by atoms with Gasteiger partial charge in [-0.3, -0.25) is 9.59 Å². The molecule has 0 saturated heterocycles. The topological polar surface area (TPSA) is 72.2 Å². The summed E-state index contributed by atoms with van der Waals surface area (Å²) in [5, 5.41) is 3.94. The summed E-state index contributed by atoms with van der Waals surface area (Å²) in [6.45, 7) is 2.23. The lowest BCUT2D eigenvalue weighted by molar-refractivity contribution is -0.140. The summed E-state index contributed by atoms with van der Waals surface area (Å²) in [6.07, 6.45) is 11.3. The minimum Gasteiger partial charge on any atom is -0.365 e. The molecule has 5 heteroatoms. The van der Waals surface area contributed by atoms with Crippen molar-refractivity contribution in [3.05, 3.63) is 16.0 Å². The van der Waals surface area contributed by atoms with Crippen LogP contribution in [0, 0.1) is 29.1 Å². The van der Waals surface area contributed by atoms with Crippen molar-refractivity contribution < 1.29 is 9.59 Å². The van der Waals surface area contributed by atoms with Crippen molar-refractivity contribution in [3.63, 3.8) is 0 Å². The van der Waals surface area contributed by atoms with Gasteiger partial charge in [0.05, 0.1) is 11.0 Å². The molecule has 1 atom stereocenters. The van der Waals surface area contributed by atoms with Crippen molar-refractivity contribution in [3.8, 4) is 0 Å². The molecule has 4 nitrogen and oxygen atoms in total. The van der Waals surface area contributed by atoms with Crippen molar-refractivity contribution in [2.45, 2.75) is 71.1 Å². The van der Waals surface area contributed by atoms with Gasteiger partial charge in [0, 0.05) is 4.88 Å². The maximum absolute atomic E-state index is 13.4. The number of anilines is 1. The molecule has 1 heterocycles. The molecule has 0 unspecified atom stereocenters. The van der Waals surface area contributed by atoms with Gasteiger partial charge in [0.15, 0.2) is 0 Å². The fourth-order valence-electron chi connectivity index (χ4n) is 6.98. The van der Waals surface area contributed by atoms with E-state index in [4.69, 9.17) is 5.73 Å². The first-order valence-corrected chi connectivity index (χ1v) is 11.5. The fraction of sp³-hybridized carbons (Fsp3) is 0.727. The maximum Gasteiger partial charge on any atom is 0.251 e. The SMILES string of the molecule is CC[C@@H]1CCc2c(sc(NC(=O)C34CC5CC(CC(C5)C3)C4)c2C(N)=O)C1. The summed E-state index contributed by atoms with van der Waals surface area (Å²) >= 11 is 1.61. The van der Waals surface area contributed by atoms with E-state index in [0.29, 0.717) is 11.5 Å². The molecule has 4 saturated carbocycles. The second-order valence-electron chi connectivity index (χ2n) is 9.74. The normalized spacial score (nSPS) is 36.5. The Balaban J connectivity index is 1.43. The molecule has 0 aromatic carbocycles. The highest BCUT2D eigenvalue weighted by Crippen LogP contribution is 2.60. The summed E-state index contributed by atoms with van der Waals surface area (Å²) < 4.78 is 0. The fourth-order valence-corrected chi connectivity index (χ4v) is 8.34. The highest BCUT2D eigenvalue weighted by atomic mass is 32.1. The van der Waals surface area contributed by atoms with E-state index >= 15 is 0 Å². The zero-order valence-corrected chi connectivity index (χ0v) is 17.0. The summed E-state index contributed by atoms with van der Waals surface area (Å²) in [4.78, 5) is 26.9. The molecule has 27 heavy (non-hydrogen) atoms. The number of carbonyl (C=O) groups excluding carboxylic acids is 2. The molecule has 0 radical (unpaired) electrons. The molecule has 6 rings (SSSR count). The predicted molar refractivity (Wildman–Crippen MR) is 108 cm³/mol. The van der Waals surface area contributed by atoms with Crippen LogP contribution in [0.1, 0.15) is 79.1 Å². The molecule has 0 spiro atoms. The van der Waals surface area contributed by atoms with Gasteiger partial charge in [-0.25, -0.2) is 0 Å². The summed E-state index contributed by atoms with van der Waals surface area (Å²) in [7, 11) is 0. The predicted octanol–water partition coefficient (Wildman–Crippen LogP) is 4.52. The van der Waals surface area contributed by atoms with Crippen LogP contribution < -0.4 is 11.1 Å². The number of primary amides is 1. The molecular formula is C22H30N2O2S. The van der Waals surface area contributed by atoms with Gasteiger partial charge in [0.2, 0.25) is 5.91 Å². The number of thiophene rings is 1. The van der Waals surface area contributed by atoms with E-state index in [2.05, 4.69) is 12.2 Å². The standard InChI is InChI=1S/C22H30N2O2S/c1-2-12-3-4-16-17(8-12)27-20(18(16)19(23)25)24-21(26)22-9-13-5-14(10-22)7-15(6-13)11-22/h12-15H,2-11H2,1H3,(H2,23,25)(H,24,26)/t12-,13?,14?,15?,22?/m1/s1. The molecule has 1 aromatic rings. The number of fused-ring (bicyclic) bond motifs is 1. The Morgan fingerprint density at radius 2 is 1.78 bits per heavy atom. The molecule has 5 aliphatic carbocycles. The monoisotopic (exact) mass is 386 g/mol. The van der Waals surface area contributed by atoms with Crippen LogP contribution in [0.15, 0.2) is 0 Å². The first kappa shape index (κ1) is 17.7. The second kappa shape index (κ2) is 6.33. The Morgan fingerprint density at radius 3 is 2.33 bits per heavy atom. The van der Waals surface area contributed by atoms with Crippen molar-refractivity contribution in [2.75, 3.05) is 5.32 Å². The van der Waals surface area contributed by atoms with Gasteiger partial charge in [-0.1, -0.05) is 13.3 Å². The first-order valence-electron chi connectivity index (χ1n) is 10.7. The van der Waals surface area contributed by atoms with E-state index < -0.39 is 0 Å². The van der Waals surface area contributed by atoms with Crippen molar-refractivity contribution >= 4 is 28.2 Å². The summed E-state index contributed by atoms with van der Waals surface area (Å²) in [5.41, 5.74) is 7.26. The van der Waals surface area contributed by atoms with Crippen molar-refractivity contribution in [2.24, 2.45) is 34.8 Å². The third-order valence-corrected chi connectivity index (χ3v) is 9.11. The summed E-state index contributed by atoms with van der Waals surface area (Å²) in [5.74, 6) is 2.67. The van der Waals surface area contributed by atoms with Gasteiger partial charge in [-0.05, 0) is 87.0 Å². The van der Waals surface area contributed by atoms with Crippen LogP contribution in [0.4, 0.5) is 5.00 Å². The number of nitrogens with one attached hydrogen (secondary N) is 1. The minimum absolute atomic E-state index is 0.162. The lowest BCUT2D eigenvalue weighted by Gasteiger charge is -2.55. The van der Waals surface area contributed by atoms with E-state index in [9.17, 15) is 9.59 Å². The Hall–Kier alpha value is -1.36. The smallest absolute Gasteiger partial charge is 0.251 e. The molecule has 1 aromatic heterocycles. The number of hydrogen-bond donors (Lipinski definition) is 2. The minimum atomic E-state index is -0.386. The number of carbonyl (C=O) groups is 2. The Kier molecular flexibility index (Phi) is 4.15. The Labute approximate surface area is 165 Å². The van der Waals surface area contributed by atoms with E-state index in [1.165, 1.54) is 24.1 Å². The van der Waals surface area contributed by atoms with Crippen LogP contribution in [0.3, 0.4) is 0 Å². The highest BCUT2D eigenvalue weighted by molar-refractivity contribution is 7.17. The lowest BCUT2D eigenvalue weighted by atomic mass is 9.49. The molecular weight excluding hydrogens is 356 g/mol. The maximum atomic E-state index is 13.4. The largest absolute Gasteiger partial charge is 0.365 e. The van der Waals surface area contributed by atoms with Crippen molar-refractivity contribution in [1.82, 2.24) is 0 Å². The van der Waals surface area contributed by atoms with Crippen molar-refractivity contribution in [1.29, 1.82) is 0 Å². The number of hydrogen-bond acceptors (Lipinski definition) is 3. The highest BCUT2D eigenvalue weighted by Gasteiger charge is 2.54. The van der Waals surface area contributed by atoms with E-state index in [1.807, 2.05) is 0 Å². The van der Waals surface area contributed by atoms with Crippen LogP contribution in [-0.4, -0.2) is 11.8 Å². The van der Waals surface area contributed by atoms with Gasteiger partial charge in [0.25, 0.3) is 5.91 Å². The molecule has 3 N–H and O–H groups in total. The third kappa shape index (κ3) is 2.84. The van der Waals surface area contributed by atoms with E-state index in [1.54, 1.807) is 11.3 Å². The zero-order valence-electron chi connectivity index (χ0n) is 16.2. The first-order chi connectivity index (χ1) is 13.0. The molecule has 146 valence electrons.